The summed E-state index contributed by atoms with van der Waals surface area (Å²) in [5.74, 6) is 0.158. The fraction of sp³-hybridized carbons (Fsp3) is 0.917. The first-order valence-electron chi connectivity index (χ1n) is 6.21. The van der Waals surface area contributed by atoms with E-state index in [9.17, 15) is 4.79 Å². The molecular formula is C12H27N3O2. The van der Waals surface area contributed by atoms with Crippen molar-refractivity contribution in [2.24, 2.45) is 5.92 Å². The molecule has 5 heteroatoms. The molecule has 0 saturated heterocycles. The summed E-state index contributed by atoms with van der Waals surface area (Å²) < 4.78 is 5.00. The first kappa shape index (κ1) is 16.4. The van der Waals surface area contributed by atoms with Crippen molar-refractivity contribution in [3.63, 3.8) is 0 Å². The molecule has 0 aliphatic heterocycles. The van der Waals surface area contributed by atoms with E-state index in [-0.39, 0.29) is 11.8 Å². The molecule has 0 fully saturated rings. The van der Waals surface area contributed by atoms with Crippen molar-refractivity contribution in [1.82, 2.24) is 15.5 Å². The van der Waals surface area contributed by atoms with Gasteiger partial charge < -0.3 is 20.3 Å². The highest BCUT2D eigenvalue weighted by Gasteiger charge is 2.10. The Morgan fingerprint density at radius 1 is 1.41 bits per heavy atom. The van der Waals surface area contributed by atoms with Crippen molar-refractivity contribution in [1.29, 1.82) is 0 Å². The van der Waals surface area contributed by atoms with Crippen molar-refractivity contribution in [3.05, 3.63) is 0 Å². The first-order valence-corrected chi connectivity index (χ1v) is 6.21. The molecule has 17 heavy (non-hydrogen) atoms. The molecule has 102 valence electrons. The quantitative estimate of drug-likeness (QED) is 0.529. The van der Waals surface area contributed by atoms with Gasteiger partial charge in [-0.15, -0.1) is 0 Å². The maximum Gasteiger partial charge on any atom is 0.224 e. The second kappa shape index (κ2) is 10.5. The van der Waals surface area contributed by atoms with Gasteiger partial charge in [0.25, 0.3) is 0 Å². The maximum atomic E-state index is 11.6. The second-order valence-electron chi connectivity index (χ2n) is 4.40. The summed E-state index contributed by atoms with van der Waals surface area (Å²) in [6.45, 7) is 6.05. The number of hydrogen-bond donors (Lipinski definition) is 2. The summed E-state index contributed by atoms with van der Waals surface area (Å²) in [7, 11) is 5.62. The zero-order chi connectivity index (χ0) is 13.1. The SMILES string of the molecule is CNCC(C)C(=O)NCCCN(C)CCOC. The molecule has 0 bridgehead atoms. The monoisotopic (exact) mass is 245 g/mol. The van der Waals surface area contributed by atoms with Crippen LogP contribution in [0.1, 0.15) is 13.3 Å². The van der Waals surface area contributed by atoms with Gasteiger partial charge in [0, 0.05) is 32.7 Å². The Kier molecular flexibility index (Phi) is 10.1. The third-order valence-corrected chi connectivity index (χ3v) is 2.65. The van der Waals surface area contributed by atoms with E-state index in [1.807, 2.05) is 14.0 Å². The van der Waals surface area contributed by atoms with Gasteiger partial charge in [0.1, 0.15) is 0 Å². The van der Waals surface area contributed by atoms with Crippen LogP contribution in [0, 0.1) is 5.92 Å². The summed E-state index contributed by atoms with van der Waals surface area (Å²) in [5.41, 5.74) is 0. The minimum atomic E-state index is 0.0335. The smallest absolute Gasteiger partial charge is 0.224 e. The van der Waals surface area contributed by atoms with Crippen molar-refractivity contribution in [2.75, 3.05) is 54.0 Å². The maximum absolute atomic E-state index is 11.6. The Morgan fingerprint density at radius 2 is 2.12 bits per heavy atom. The molecule has 1 amide bonds. The Hall–Kier alpha value is -0.650. The number of carbonyl (C=O) groups excluding carboxylic acids is 1. The van der Waals surface area contributed by atoms with Gasteiger partial charge in [0.15, 0.2) is 0 Å². The minimum Gasteiger partial charge on any atom is -0.383 e. The lowest BCUT2D eigenvalue weighted by Gasteiger charge is -2.16. The van der Waals surface area contributed by atoms with Crippen molar-refractivity contribution in [2.45, 2.75) is 13.3 Å². The van der Waals surface area contributed by atoms with Gasteiger partial charge in [0.05, 0.1) is 6.61 Å². The highest BCUT2D eigenvalue weighted by molar-refractivity contribution is 5.78. The van der Waals surface area contributed by atoms with Crippen LogP contribution >= 0.6 is 0 Å². The number of ether oxygens (including phenoxy) is 1. The van der Waals surface area contributed by atoms with Crippen LogP contribution in [0.2, 0.25) is 0 Å². The normalized spacial score (nSPS) is 12.8. The molecule has 0 aliphatic carbocycles. The predicted molar refractivity (Wildman–Crippen MR) is 70.1 cm³/mol. The van der Waals surface area contributed by atoms with Crippen LogP contribution in [-0.4, -0.2) is 64.8 Å². The van der Waals surface area contributed by atoms with Crippen LogP contribution in [0.3, 0.4) is 0 Å². The molecule has 0 radical (unpaired) electrons. The Balaban J connectivity index is 3.47. The van der Waals surface area contributed by atoms with Crippen molar-refractivity contribution >= 4 is 5.91 Å². The van der Waals surface area contributed by atoms with Gasteiger partial charge in [-0.3, -0.25) is 4.79 Å². The van der Waals surface area contributed by atoms with Crippen LogP contribution in [-0.2, 0) is 9.53 Å². The molecule has 1 atom stereocenters. The molecule has 0 spiro atoms. The number of methoxy groups -OCH3 is 1. The summed E-state index contributed by atoms with van der Waals surface area (Å²) in [6.07, 6.45) is 0.970. The highest BCUT2D eigenvalue weighted by Crippen LogP contribution is 1.92. The first-order chi connectivity index (χ1) is 8.11. The zero-order valence-electron chi connectivity index (χ0n) is 11.6. The number of nitrogens with zero attached hydrogens (tertiary/aromatic N) is 1. The number of nitrogens with one attached hydrogen (secondary N) is 2. The highest BCUT2D eigenvalue weighted by atomic mass is 16.5. The van der Waals surface area contributed by atoms with Gasteiger partial charge >= 0.3 is 0 Å². The molecule has 0 aromatic rings. The third-order valence-electron chi connectivity index (χ3n) is 2.65. The van der Waals surface area contributed by atoms with Gasteiger partial charge in [-0.25, -0.2) is 0 Å². The second-order valence-corrected chi connectivity index (χ2v) is 4.40. The van der Waals surface area contributed by atoms with Crippen LogP contribution < -0.4 is 10.6 Å². The molecule has 1 unspecified atom stereocenters. The van der Waals surface area contributed by atoms with Crippen molar-refractivity contribution in [3.8, 4) is 0 Å². The Labute approximate surface area is 105 Å². The van der Waals surface area contributed by atoms with E-state index < -0.39 is 0 Å². The Morgan fingerprint density at radius 3 is 2.71 bits per heavy atom. The van der Waals surface area contributed by atoms with E-state index in [0.717, 1.165) is 39.2 Å². The predicted octanol–water partition coefficient (Wildman–Crippen LogP) is -0.0736. The lowest BCUT2D eigenvalue weighted by atomic mass is 10.1. The van der Waals surface area contributed by atoms with E-state index in [4.69, 9.17) is 4.74 Å². The number of likely N-dealkylation sites (N-methyl/N-ethyl adjacent to an activating group) is 1. The van der Waals surface area contributed by atoms with Crippen molar-refractivity contribution < 1.29 is 9.53 Å². The topological polar surface area (TPSA) is 53.6 Å². The summed E-state index contributed by atoms with van der Waals surface area (Å²) in [5, 5.41) is 5.94. The summed E-state index contributed by atoms with van der Waals surface area (Å²) in [6, 6.07) is 0. The molecule has 0 saturated carbocycles. The zero-order valence-corrected chi connectivity index (χ0v) is 11.6. The standard InChI is InChI=1S/C12H27N3O2/c1-11(10-13-2)12(16)14-6-5-7-15(3)8-9-17-4/h11,13H,5-10H2,1-4H3,(H,14,16). The molecule has 0 aliphatic rings. The van der Waals surface area contributed by atoms with E-state index in [1.54, 1.807) is 7.11 Å². The van der Waals surface area contributed by atoms with E-state index in [2.05, 4.69) is 22.6 Å². The number of carbonyl (C=O) groups is 1. The van der Waals surface area contributed by atoms with Gasteiger partial charge in [-0.1, -0.05) is 6.92 Å². The molecular weight excluding hydrogens is 218 g/mol. The molecule has 2 N–H and O–H groups in total. The molecule has 0 rings (SSSR count). The minimum absolute atomic E-state index is 0.0335. The third kappa shape index (κ3) is 9.09. The van der Waals surface area contributed by atoms with Gasteiger partial charge in [-0.05, 0) is 27.1 Å². The lowest BCUT2D eigenvalue weighted by Crippen LogP contribution is -2.36. The van der Waals surface area contributed by atoms with E-state index in [0.29, 0.717) is 0 Å². The van der Waals surface area contributed by atoms with Crippen LogP contribution in [0.15, 0.2) is 0 Å². The average molecular weight is 245 g/mol. The Bertz CT molecular complexity index is 200. The number of amides is 1. The summed E-state index contributed by atoms with van der Waals surface area (Å²) >= 11 is 0. The van der Waals surface area contributed by atoms with Gasteiger partial charge in [-0.2, -0.15) is 0 Å². The van der Waals surface area contributed by atoms with E-state index in [1.165, 1.54) is 0 Å². The average Bonchev–Trinajstić information content (AvgIpc) is 2.32. The molecule has 0 aromatic heterocycles. The lowest BCUT2D eigenvalue weighted by molar-refractivity contribution is -0.124. The van der Waals surface area contributed by atoms with Crippen LogP contribution in [0.5, 0.6) is 0 Å². The fourth-order valence-corrected chi connectivity index (χ4v) is 1.49. The van der Waals surface area contributed by atoms with Crippen LogP contribution in [0.4, 0.5) is 0 Å². The van der Waals surface area contributed by atoms with Gasteiger partial charge in [0.2, 0.25) is 5.91 Å². The largest absolute Gasteiger partial charge is 0.383 e. The van der Waals surface area contributed by atoms with E-state index >= 15 is 0 Å². The fourth-order valence-electron chi connectivity index (χ4n) is 1.49. The number of hydrogen-bond acceptors (Lipinski definition) is 4. The van der Waals surface area contributed by atoms with Crippen LogP contribution in [0.25, 0.3) is 0 Å². The molecule has 5 nitrogen and oxygen atoms in total. The molecule has 0 aromatic carbocycles. The summed E-state index contributed by atoms with van der Waals surface area (Å²) in [4.78, 5) is 13.8. The molecule has 0 heterocycles. The number of rotatable bonds is 10.